The summed E-state index contributed by atoms with van der Waals surface area (Å²) in [7, 11) is 1.83. The highest BCUT2D eigenvalue weighted by atomic mass is 16.5. The molecule has 0 saturated heterocycles. The number of nitrogens with two attached hydrogens (primary N) is 1. The summed E-state index contributed by atoms with van der Waals surface area (Å²) in [4.78, 5) is 14.4. The average Bonchev–Trinajstić information content (AvgIpc) is 2.45. The number of amides is 1. The fraction of sp³-hybridized carbons (Fsp3) is 0.533. The lowest BCUT2D eigenvalue weighted by Crippen LogP contribution is -2.51. The molecule has 1 aliphatic rings. The Bertz CT molecular complexity index is 471. The minimum absolute atomic E-state index is 0.117. The number of rotatable bonds is 3. The van der Waals surface area contributed by atoms with Crippen molar-refractivity contribution in [3.05, 3.63) is 29.8 Å². The molecule has 1 amide bonds. The van der Waals surface area contributed by atoms with E-state index in [1.54, 1.807) is 4.90 Å². The van der Waals surface area contributed by atoms with Crippen LogP contribution in [0.25, 0.3) is 0 Å². The van der Waals surface area contributed by atoms with Gasteiger partial charge in [-0.2, -0.15) is 0 Å². The molecule has 2 N–H and O–H groups in total. The van der Waals surface area contributed by atoms with E-state index in [4.69, 9.17) is 10.5 Å². The normalized spacial score (nSPS) is 18.4. The van der Waals surface area contributed by atoms with Crippen LogP contribution in [0, 0.1) is 0 Å². The van der Waals surface area contributed by atoms with Gasteiger partial charge >= 0.3 is 0 Å². The summed E-state index contributed by atoms with van der Waals surface area (Å²) in [6.45, 7) is 5.00. The molecule has 0 bridgehead atoms. The lowest BCUT2D eigenvalue weighted by molar-refractivity contribution is -0.136. The number of fused-ring (bicyclic) bond motifs is 1. The molecule has 19 heavy (non-hydrogen) atoms. The first-order valence-electron chi connectivity index (χ1n) is 6.67. The Labute approximate surface area is 114 Å². The number of likely N-dealkylation sites (N-methyl/N-ethyl adjacent to an activating group) is 1. The molecule has 104 valence electrons. The Morgan fingerprint density at radius 3 is 2.84 bits per heavy atom. The van der Waals surface area contributed by atoms with Gasteiger partial charge in [-0.3, -0.25) is 4.79 Å². The van der Waals surface area contributed by atoms with E-state index in [-0.39, 0.29) is 17.4 Å². The number of hydrogen-bond acceptors (Lipinski definition) is 3. The predicted molar refractivity (Wildman–Crippen MR) is 75.2 cm³/mol. The lowest BCUT2D eigenvalue weighted by atomic mass is 9.90. The van der Waals surface area contributed by atoms with Gasteiger partial charge in [-0.15, -0.1) is 0 Å². The summed E-state index contributed by atoms with van der Waals surface area (Å²) in [6, 6.07) is 7.77. The van der Waals surface area contributed by atoms with Gasteiger partial charge in [0.25, 0.3) is 0 Å². The average molecular weight is 262 g/mol. The van der Waals surface area contributed by atoms with E-state index in [0.29, 0.717) is 13.2 Å². The van der Waals surface area contributed by atoms with Gasteiger partial charge in [0, 0.05) is 24.7 Å². The van der Waals surface area contributed by atoms with Crippen molar-refractivity contribution in [1.29, 1.82) is 0 Å². The van der Waals surface area contributed by atoms with Crippen molar-refractivity contribution in [2.45, 2.75) is 31.7 Å². The summed E-state index contributed by atoms with van der Waals surface area (Å²) >= 11 is 0. The standard InChI is InChI=1S/C15H22N2O2/c1-15(2,10-16)17(3)14(18)12-8-9-19-13-7-5-4-6-11(12)13/h4-7,12H,8-10,16H2,1-3H3. The first kappa shape index (κ1) is 13.9. The maximum absolute atomic E-state index is 12.7. The monoisotopic (exact) mass is 262 g/mol. The van der Waals surface area contributed by atoms with Crippen LogP contribution in [0.5, 0.6) is 5.75 Å². The van der Waals surface area contributed by atoms with E-state index in [1.165, 1.54) is 0 Å². The van der Waals surface area contributed by atoms with Crippen LogP contribution in [0.4, 0.5) is 0 Å². The predicted octanol–water partition coefficient (Wildman–Crippen LogP) is 1.75. The second-order valence-electron chi connectivity index (χ2n) is 5.64. The summed E-state index contributed by atoms with van der Waals surface area (Å²) in [5.41, 5.74) is 6.41. The summed E-state index contributed by atoms with van der Waals surface area (Å²) in [5, 5.41) is 0. The topological polar surface area (TPSA) is 55.6 Å². The number of hydrogen-bond donors (Lipinski definition) is 1. The van der Waals surface area contributed by atoms with Crippen molar-refractivity contribution in [3.8, 4) is 5.75 Å². The zero-order chi connectivity index (χ0) is 14.0. The Balaban J connectivity index is 2.26. The third-order valence-corrected chi connectivity index (χ3v) is 3.99. The van der Waals surface area contributed by atoms with Crippen molar-refractivity contribution in [3.63, 3.8) is 0 Å². The maximum atomic E-state index is 12.7. The minimum Gasteiger partial charge on any atom is -0.493 e. The summed E-state index contributed by atoms with van der Waals surface area (Å²) < 4.78 is 5.60. The molecule has 0 saturated carbocycles. The molecule has 0 spiro atoms. The highest BCUT2D eigenvalue weighted by Crippen LogP contribution is 2.35. The van der Waals surface area contributed by atoms with Crippen LogP contribution in [-0.4, -0.2) is 36.5 Å². The highest BCUT2D eigenvalue weighted by Gasteiger charge is 2.34. The SMILES string of the molecule is CN(C(=O)C1CCOc2ccccc21)C(C)(C)CN. The van der Waals surface area contributed by atoms with Crippen molar-refractivity contribution >= 4 is 5.91 Å². The molecule has 0 aliphatic carbocycles. The molecule has 1 aliphatic heterocycles. The second-order valence-corrected chi connectivity index (χ2v) is 5.64. The van der Waals surface area contributed by atoms with Crippen molar-refractivity contribution in [1.82, 2.24) is 4.90 Å². The van der Waals surface area contributed by atoms with Crippen molar-refractivity contribution in [2.24, 2.45) is 5.73 Å². The molecule has 0 radical (unpaired) electrons. The van der Waals surface area contributed by atoms with Gasteiger partial charge in [0.2, 0.25) is 5.91 Å². The molecule has 0 aromatic heterocycles. The van der Waals surface area contributed by atoms with E-state index in [2.05, 4.69) is 0 Å². The molecule has 1 atom stereocenters. The van der Waals surface area contributed by atoms with Crippen LogP contribution < -0.4 is 10.5 Å². The van der Waals surface area contributed by atoms with Gasteiger partial charge in [0.15, 0.2) is 0 Å². The molecular formula is C15H22N2O2. The number of carbonyl (C=O) groups is 1. The first-order chi connectivity index (χ1) is 8.97. The fourth-order valence-electron chi connectivity index (χ4n) is 2.27. The summed E-state index contributed by atoms with van der Waals surface area (Å²) in [6.07, 6.45) is 0.723. The number of para-hydroxylation sites is 1. The smallest absolute Gasteiger partial charge is 0.230 e. The summed E-state index contributed by atoms with van der Waals surface area (Å²) in [5.74, 6) is 0.818. The van der Waals surface area contributed by atoms with Crippen LogP contribution in [-0.2, 0) is 4.79 Å². The fourth-order valence-corrected chi connectivity index (χ4v) is 2.27. The van der Waals surface area contributed by atoms with Gasteiger partial charge < -0.3 is 15.4 Å². The van der Waals surface area contributed by atoms with Crippen LogP contribution in [0.2, 0.25) is 0 Å². The molecule has 1 aromatic rings. The maximum Gasteiger partial charge on any atom is 0.230 e. The highest BCUT2D eigenvalue weighted by molar-refractivity contribution is 5.85. The Morgan fingerprint density at radius 1 is 1.47 bits per heavy atom. The van der Waals surface area contributed by atoms with E-state index in [0.717, 1.165) is 17.7 Å². The van der Waals surface area contributed by atoms with Gasteiger partial charge in [0.1, 0.15) is 5.75 Å². The molecule has 4 heteroatoms. The number of nitrogens with zero attached hydrogens (tertiary/aromatic N) is 1. The molecule has 1 unspecified atom stereocenters. The van der Waals surface area contributed by atoms with Crippen molar-refractivity contribution in [2.75, 3.05) is 20.2 Å². The third kappa shape index (κ3) is 2.59. The quantitative estimate of drug-likeness (QED) is 0.903. The number of ether oxygens (including phenoxy) is 1. The van der Waals surface area contributed by atoms with Crippen LogP contribution >= 0.6 is 0 Å². The van der Waals surface area contributed by atoms with Gasteiger partial charge in [-0.25, -0.2) is 0 Å². The van der Waals surface area contributed by atoms with E-state index in [1.807, 2.05) is 45.2 Å². The molecule has 1 heterocycles. The molecule has 0 fully saturated rings. The Hall–Kier alpha value is -1.55. The van der Waals surface area contributed by atoms with E-state index < -0.39 is 0 Å². The number of carbonyl (C=O) groups excluding carboxylic acids is 1. The Morgan fingerprint density at radius 2 is 2.16 bits per heavy atom. The van der Waals surface area contributed by atoms with Crippen LogP contribution in [0.3, 0.4) is 0 Å². The minimum atomic E-state index is -0.329. The zero-order valence-electron chi connectivity index (χ0n) is 11.8. The largest absolute Gasteiger partial charge is 0.493 e. The molecular weight excluding hydrogens is 240 g/mol. The van der Waals surface area contributed by atoms with Crippen molar-refractivity contribution < 1.29 is 9.53 Å². The van der Waals surface area contributed by atoms with Crippen LogP contribution in [0.15, 0.2) is 24.3 Å². The molecule has 2 rings (SSSR count). The van der Waals surface area contributed by atoms with Gasteiger partial charge in [0.05, 0.1) is 12.5 Å². The van der Waals surface area contributed by atoms with E-state index in [9.17, 15) is 4.79 Å². The third-order valence-electron chi connectivity index (χ3n) is 3.99. The molecule has 4 nitrogen and oxygen atoms in total. The van der Waals surface area contributed by atoms with Gasteiger partial charge in [-0.1, -0.05) is 18.2 Å². The van der Waals surface area contributed by atoms with Gasteiger partial charge in [-0.05, 0) is 26.3 Å². The Kier molecular flexibility index (Phi) is 3.80. The lowest BCUT2D eigenvalue weighted by Gasteiger charge is -2.38. The molecule has 1 aromatic carbocycles. The zero-order valence-corrected chi connectivity index (χ0v) is 11.8. The first-order valence-corrected chi connectivity index (χ1v) is 6.67. The van der Waals surface area contributed by atoms with Crippen LogP contribution in [0.1, 0.15) is 31.7 Å². The van der Waals surface area contributed by atoms with E-state index >= 15 is 0 Å². The second kappa shape index (κ2) is 5.21. The number of benzene rings is 1.